The zero-order valence-corrected chi connectivity index (χ0v) is 15.3. The van der Waals surface area contributed by atoms with Gasteiger partial charge in [-0.15, -0.1) is 0 Å². The average Bonchev–Trinajstić information content (AvgIpc) is 2.94. The number of benzene rings is 1. The van der Waals surface area contributed by atoms with Gasteiger partial charge < -0.3 is 4.74 Å². The van der Waals surface area contributed by atoms with E-state index in [1.165, 1.54) is 18.2 Å². The summed E-state index contributed by atoms with van der Waals surface area (Å²) in [6.07, 6.45) is 3.22. The largest absolute Gasteiger partial charge is 0.484 e. The van der Waals surface area contributed by atoms with Crippen molar-refractivity contribution >= 4 is 23.6 Å². The van der Waals surface area contributed by atoms with Gasteiger partial charge in [-0.05, 0) is 25.0 Å². The van der Waals surface area contributed by atoms with Gasteiger partial charge in [0, 0.05) is 19.0 Å². The fourth-order valence-corrected chi connectivity index (χ4v) is 3.61. The molecule has 2 fully saturated rings. The Morgan fingerprint density at radius 1 is 1.07 bits per heavy atom. The van der Waals surface area contributed by atoms with Crippen LogP contribution in [0.25, 0.3) is 0 Å². The summed E-state index contributed by atoms with van der Waals surface area (Å²) in [4.78, 5) is 49.4. The highest BCUT2D eigenvalue weighted by Crippen LogP contribution is 2.37. The SMILES string of the molecule is O=C(CCN1C(=O)[C@H]2CCCC[C@H]2C1=O)NNC(=O)COc1cccc(F)c1. The molecule has 2 atom stereocenters. The number of hydrazine groups is 1. The highest BCUT2D eigenvalue weighted by Gasteiger charge is 2.47. The van der Waals surface area contributed by atoms with Gasteiger partial charge in [0.25, 0.3) is 5.91 Å². The Kier molecular flexibility index (Phi) is 6.23. The predicted octanol–water partition coefficient (Wildman–Crippen LogP) is 0.917. The molecule has 2 aliphatic rings. The van der Waals surface area contributed by atoms with Gasteiger partial charge >= 0.3 is 0 Å². The van der Waals surface area contributed by atoms with E-state index in [2.05, 4.69) is 10.9 Å². The van der Waals surface area contributed by atoms with Crippen molar-refractivity contribution in [3.63, 3.8) is 0 Å². The van der Waals surface area contributed by atoms with Gasteiger partial charge in [0.2, 0.25) is 17.7 Å². The molecule has 150 valence electrons. The van der Waals surface area contributed by atoms with Crippen molar-refractivity contribution in [3.05, 3.63) is 30.1 Å². The van der Waals surface area contributed by atoms with Gasteiger partial charge in [0.1, 0.15) is 11.6 Å². The second kappa shape index (κ2) is 8.81. The molecule has 9 heteroatoms. The maximum atomic E-state index is 13.0. The van der Waals surface area contributed by atoms with Gasteiger partial charge in [-0.25, -0.2) is 4.39 Å². The van der Waals surface area contributed by atoms with Gasteiger partial charge in [-0.3, -0.25) is 34.9 Å². The highest BCUT2D eigenvalue weighted by molar-refractivity contribution is 6.05. The van der Waals surface area contributed by atoms with Crippen molar-refractivity contribution in [2.24, 2.45) is 11.8 Å². The topological polar surface area (TPSA) is 105 Å². The molecule has 0 radical (unpaired) electrons. The van der Waals surface area contributed by atoms with E-state index in [-0.39, 0.29) is 42.4 Å². The minimum atomic E-state index is -0.628. The maximum absolute atomic E-state index is 13.0. The van der Waals surface area contributed by atoms with Crippen molar-refractivity contribution in [1.82, 2.24) is 15.8 Å². The molecular weight excluding hydrogens is 369 g/mol. The zero-order valence-electron chi connectivity index (χ0n) is 15.3. The van der Waals surface area contributed by atoms with Crippen molar-refractivity contribution in [3.8, 4) is 5.75 Å². The van der Waals surface area contributed by atoms with E-state index in [9.17, 15) is 23.6 Å². The third kappa shape index (κ3) is 4.65. The van der Waals surface area contributed by atoms with Crippen molar-refractivity contribution in [1.29, 1.82) is 0 Å². The van der Waals surface area contributed by atoms with Crippen LogP contribution in [-0.2, 0) is 19.2 Å². The minimum absolute atomic E-state index is 0.00778. The van der Waals surface area contributed by atoms with Gasteiger partial charge in [-0.2, -0.15) is 0 Å². The number of ether oxygens (including phenoxy) is 1. The second-order valence-electron chi connectivity index (χ2n) is 6.92. The molecule has 1 heterocycles. The normalized spacial score (nSPS) is 21.2. The number of hydrogen-bond acceptors (Lipinski definition) is 5. The van der Waals surface area contributed by atoms with E-state index >= 15 is 0 Å². The molecule has 3 rings (SSSR count). The molecule has 2 N–H and O–H groups in total. The smallest absolute Gasteiger partial charge is 0.276 e. The molecular formula is C19H22FN3O5. The third-order valence-corrected chi connectivity index (χ3v) is 5.00. The fraction of sp³-hybridized carbons (Fsp3) is 0.474. The highest BCUT2D eigenvalue weighted by atomic mass is 19.1. The molecule has 4 amide bonds. The molecule has 0 unspecified atom stereocenters. The molecule has 1 aliphatic heterocycles. The van der Waals surface area contributed by atoms with Crippen LogP contribution in [0.5, 0.6) is 5.75 Å². The van der Waals surface area contributed by atoms with Crippen LogP contribution < -0.4 is 15.6 Å². The lowest BCUT2D eigenvalue weighted by atomic mass is 9.81. The van der Waals surface area contributed by atoms with Crippen LogP contribution in [0, 0.1) is 17.7 Å². The number of amides is 4. The van der Waals surface area contributed by atoms with E-state index < -0.39 is 24.2 Å². The molecule has 28 heavy (non-hydrogen) atoms. The van der Waals surface area contributed by atoms with Gasteiger partial charge in [0.15, 0.2) is 6.61 Å². The lowest BCUT2D eigenvalue weighted by Gasteiger charge is -2.19. The monoisotopic (exact) mass is 391 g/mol. The van der Waals surface area contributed by atoms with Crippen LogP contribution in [0.15, 0.2) is 24.3 Å². The Labute approximate surface area is 161 Å². The zero-order chi connectivity index (χ0) is 20.1. The van der Waals surface area contributed by atoms with Crippen LogP contribution in [0.1, 0.15) is 32.1 Å². The molecule has 1 saturated heterocycles. The Morgan fingerprint density at radius 2 is 1.71 bits per heavy atom. The summed E-state index contributed by atoms with van der Waals surface area (Å²) < 4.78 is 18.1. The predicted molar refractivity (Wildman–Crippen MR) is 95.0 cm³/mol. The van der Waals surface area contributed by atoms with Crippen molar-refractivity contribution < 1.29 is 28.3 Å². The van der Waals surface area contributed by atoms with Crippen LogP contribution in [0.4, 0.5) is 4.39 Å². The number of imide groups is 1. The summed E-state index contributed by atoms with van der Waals surface area (Å²) in [5, 5.41) is 0. The minimum Gasteiger partial charge on any atom is -0.484 e. The Morgan fingerprint density at radius 3 is 2.36 bits per heavy atom. The lowest BCUT2D eigenvalue weighted by Crippen LogP contribution is -2.45. The first-order valence-corrected chi connectivity index (χ1v) is 9.27. The number of rotatable bonds is 6. The molecule has 8 nitrogen and oxygen atoms in total. The summed E-state index contributed by atoms with van der Waals surface area (Å²) >= 11 is 0. The van der Waals surface area contributed by atoms with Crippen LogP contribution in [0.3, 0.4) is 0 Å². The van der Waals surface area contributed by atoms with E-state index in [1.54, 1.807) is 0 Å². The number of carbonyl (C=O) groups excluding carboxylic acids is 4. The quantitative estimate of drug-likeness (QED) is 0.554. The summed E-state index contributed by atoms with van der Waals surface area (Å²) in [5.41, 5.74) is 4.37. The number of carbonyl (C=O) groups is 4. The fourth-order valence-electron chi connectivity index (χ4n) is 3.61. The average molecular weight is 391 g/mol. The Hall–Kier alpha value is -2.97. The van der Waals surface area contributed by atoms with E-state index in [0.29, 0.717) is 0 Å². The maximum Gasteiger partial charge on any atom is 0.276 e. The summed E-state index contributed by atoms with van der Waals surface area (Å²) in [6, 6.07) is 5.32. The number of fused-ring (bicyclic) bond motifs is 1. The number of nitrogens with one attached hydrogen (secondary N) is 2. The first-order valence-electron chi connectivity index (χ1n) is 9.27. The number of nitrogens with zero attached hydrogens (tertiary/aromatic N) is 1. The molecule has 1 saturated carbocycles. The van der Waals surface area contributed by atoms with Crippen LogP contribution in [-0.4, -0.2) is 41.7 Å². The van der Waals surface area contributed by atoms with Gasteiger partial charge in [0.05, 0.1) is 11.8 Å². The summed E-state index contributed by atoms with van der Waals surface area (Å²) in [5.74, 6) is -2.35. The summed E-state index contributed by atoms with van der Waals surface area (Å²) in [6.45, 7) is -0.414. The molecule has 0 bridgehead atoms. The lowest BCUT2D eigenvalue weighted by molar-refractivity contribution is -0.140. The standard InChI is InChI=1S/C19H22FN3O5/c20-12-4-3-5-13(10-12)28-11-17(25)22-21-16(24)8-9-23-18(26)14-6-1-2-7-15(14)19(23)27/h3-5,10,14-15H,1-2,6-9,11H2,(H,21,24)(H,22,25)/t14-,15+. The van der Waals surface area contributed by atoms with E-state index in [1.807, 2.05) is 0 Å². The Bertz CT molecular complexity index is 761. The molecule has 1 aromatic rings. The second-order valence-corrected chi connectivity index (χ2v) is 6.92. The van der Waals surface area contributed by atoms with E-state index in [4.69, 9.17) is 4.74 Å². The molecule has 1 aliphatic carbocycles. The number of hydrogen-bond donors (Lipinski definition) is 2. The van der Waals surface area contributed by atoms with Crippen LogP contribution in [0.2, 0.25) is 0 Å². The number of halogens is 1. The molecule has 0 spiro atoms. The first-order chi connectivity index (χ1) is 13.5. The third-order valence-electron chi connectivity index (χ3n) is 5.00. The van der Waals surface area contributed by atoms with E-state index in [0.717, 1.165) is 36.6 Å². The van der Waals surface area contributed by atoms with Crippen molar-refractivity contribution in [2.45, 2.75) is 32.1 Å². The summed E-state index contributed by atoms with van der Waals surface area (Å²) in [7, 11) is 0. The number of likely N-dealkylation sites (tertiary alicyclic amines) is 1. The first kappa shape index (κ1) is 19.8. The van der Waals surface area contributed by atoms with Gasteiger partial charge in [-0.1, -0.05) is 18.9 Å². The molecule has 1 aromatic carbocycles. The van der Waals surface area contributed by atoms with Crippen LogP contribution >= 0.6 is 0 Å². The van der Waals surface area contributed by atoms with Crippen molar-refractivity contribution in [2.75, 3.05) is 13.2 Å². The Balaban J connectivity index is 1.38. The molecule has 0 aromatic heterocycles.